The van der Waals surface area contributed by atoms with Crippen LogP contribution in [-0.4, -0.2) is 53.0 Å². The van der Waals surface area contributed by atoms with Crippen LogP contribution in [0.25, 0.3) is 0 Å². The molecule has 3 unspecified atom stereocenters. The second-order valence-corrected chi connectivity index (χ2v) is 10.8. The van der Waals surface area contributed by atoms with E-state index < -0.39 is 66.1 Å². The molecule has 1 aliphatic heterocycles. The lowest BCUT2D eigenvalue weighted by atomic mass is 10.0. The topological polar surface area (TPSA) is 233 Å². The van der Waals surface area contributed by atoms with Gasteiger partial charge in [-0.15, -0.1) is 0 Å². The monoisotopic (exact) mass is 515 g/mol. The molecule has 0 radical (unpaired) electrons. The van der Waals surface area contributed by atoms with E-state index >= 15 is 0 Å². The number of ether oxygens (including phenoxy) is 1. The summed E-state index contributed by atoms with van der Waals surface area (Å²) in [7, 11) is -16.6. The minimum absolute atomic E-state index is 0.175. The van der Waals surface area contributed by atoms with Crippen molar-refractivity contribution in [3.63, 3.8) is 0 Å². The Labute approximate surface area is 172 Å². The van der Waals surface area contributed by atoms with E-state index in [1.807, 2.05) is 0 Å². The van der Waals surface area contributed by atoms with Gasteiger partial charge in [0.25, 0.3) is 0 Å². The number of aliphatic hydroxyl groups is 1. The zero-order chi connectivity index (χ0) is 23.1. The second kappa shape index (κ2) is 9.08. The van der Waals surface area contributed by atoms with Crippen LogP contribution in [-0.2, 0) is 31.6 Å². The third-order valence-corrected chi connectivity index (χ3v) is 7.81. The molecule has 0 aliphatic carbocycles. The van der Waals surface area contributed by atoms with Gasteiger partial charge in [0.2, 0.25) is 4.77 Å². The van der Waals surface area contributed by atoms with Crippen LogP contribution in [0.4, 0.5) is 10.2 Å². The quantitative estimate of drug-likeness (QED) is 0.205. The third kappa shape index (κ3) is 6.68. The highest BCUT2D eigenvalue weighted by Gasteiger charge is 2.45. The highest BCUT2D eigenvalue weighted by atomic mass is 32.1. The highest BCUT2D eigenvalue weighted by molar-refractivity contribution is 7.71. The van der Waals surface area contributed by atoms with Gasteiger partial charge in [0.1, 0.15) is 12.3 Å². The van der Waals surface area contributed by atoms with Crippen molar-refractivity contribution < 1.29 is 60.6 Å². The average molecular weight is 515 g/mol. The predicted octanol–water partition coefficient (Wildman–Crippen LogP) is 0.572. The first kappa shape index (κ1) is 25.6. The summed E-state index contributed by atoms with van der Waals surface area (Å²) in [4.78, 5) is 39.1. The van der Waals surface area contributed by atoms with Crippen LogP contribution in [0, 0.1) is 16.5 Å². The number of anilines is 1. The predicted molar refractivity (Wildman–Crippen MR) is 96.3 cm³/mol. The summed E-state index contributed by atoms with van der Waals surface area (Å²) < 4.78 is 65.3. The lowest BCUT2D eigenvalue weighted by Crippen LogP contribution is -2.29. The van der Waals surface area contributed by atoms with Crippen LogP contribution in [0.5, 0.6) is 0 Å². The standard InChI is InChI=1S/C10H17FN3O12P3S/c1-4-7(15)6(24-9(4)14-2-5(11)8(12)13-10(14)30)3-23-28(19,20)26-29(21,22)25-27(16,17)18/h2,4,6-7,9,15H,3H2,1H3,(H,19,20)(H,21,22)(H2,12,13,30)(H2,16,17,18)/t4-,6+,7?,9+/m0/s1. The van der Waals surface area contributed by atoms with Crippen molar-refractivity contribution in [1.82, 2.24) is 9.55 Å². The Kier molecular flexibility index (Phi) is 7.75. The number of hydrogen-bond acceptors (Lipinski definition) is 11. The molecule has 0 bridgehead atoms. The van der Waals surface area contributed by atoms with Crippen molar-refractivity contribution in [1.29, 1.82) is 0 Å². The average Bonchev–Trinajstić information content (AvgIpc) is 2.81. The van der Waals surface area contributed by atoms with Gasteiger partial charge in [0.05, 0.1) is 12.7 Å². The van der Waals surface area contributed by atoms with E-state index in [-0.39, 0.29) is 4.77 Å². The summed E-state index contributed by atoms with van der Waals surface area (Å²) >= 11 is 4.96. The molecule has 1 aromatic heterocycles. The Bertz CT molecular complexity index is 1000. The molecule has 15 nitrogen and oxygen atoms in total. The Morgan fingerprint density at radius 2 is 1.87 bits per heavy atom. The summed E-state index contributed by atoms with van der Waals surface area (Å²) in [6.07, 6.45) is -2.85. The molecule has 0 spiro atoms. The van der Waals surface area contributed by atoms with Crippen LogP contribution >= 0.6 is 35.7 Å². The van der Waals surface area contributed by atoms with E-state index in [0.29, 0.717) is 0 Å². The zero-order valence-electron chi connectivity index (χ0n) is 14.8. The first-order chi connectivity index (χ1) is 13.5. The fourth-order valence-electron chi connectivity index (χ4n) is 2.46. The molecule has 0 saturated carbocycles. The lowest BCUT2D eigenvalue weighted by Gasteiger charge is -2.20. The number of nitrogen functional groups attached to an aromatic ring is 1. The Morgan fingerprint density at radius 1 is 1.27 bits per heavy atom. The molecule has 2 heterocycles. The molecule has 30 heavy (non-hydrogen) atoms. The van der Waals surface area contributed by atoms with Gasteiger partial charge < -0.3 is 35.2 Å². The molecule has 0 aromatic carbocycles. The number of aromatic nitrogens is 2. The molecule has 6 atom stereocenters. The van der Waals surface area contributed by atoms with Gasteiger partial charge in [-0.3, -0.25) is 9.09 Å². The molecule has 1 fully saturated rings. The zero-order valence-corrected chi connectivity index (χ0v) is 18.3. The van der Waals surface area contributed by atoms with E-state index in [0.717, 1.165) is 10.8 Å². The van der Waals surface area contributed by atoms with E-state index in [2.05, 4.69) is 18.1 Å². The Hall–Kier alpha value is -0.640. The molecule has 1 aromatic rings. The van der Waals surface area contributed by atoms with Gasteiger partial charge in [0, 0.05) is 12.1 Å². The van der Waals surface area contributed by atoms with Crippen LogP contribution in [0.15, 0.2) is 6.20 Å². The van der Waals surface area contributed by atoms with Crippen molar-refractivity contribution in [2.75, 3.05) is 12.3 Å². The number of nitrogens with two attached hydrogens (primary N) is 1. The van der Waals surface area contributed by atoms with Crippen molar-refractivity contribution in [3.8, 4) is 0 Å². The van der Waals surface area contributed by atoms with E-state index in [1.54, 1.807) is 0 Å². The first-order valence-corrected chi connectivity index (χ1v) is 12.6. The SMILES string of the molecule is C[C@H]1C(O)[C@@H](COP(=O)(O)OP(=O)(O)OP(=O)(O)O)O[C@H]1n1cc(F)c(N)nc1=S. The Balaban J connectivity index is 2.09. The minimum Gasteiger partial charge on any atom is -0.390 e. The van der Waals surface area contributed by atoms with Crippen LogP contribution in [0.3, 0.4) is 0 Å². The van der Waals surface area contributed by atoms with E-state index in [9.17, 15) is 28.1 Å². The van der Waals surface area contributed by atoms with Crippen LogP contribution < -0.4 is 5.73 Å². The summed E-state index contributed by atoms with van der Waals surface area (Å²) in [5.41, 5.74) is 5.31. The molecular formula is C10H17FN3O12P3S. The smallest absolute Gasteiger partial charge is 0.390 e. The van der Waals surface area contributed by atoms with Gasteiger partial charge in [0.15, 0.2) is 11.6 Å². The van der Waals surface area contributed by atoms with Crippen molar-refractivity contribution in [2.45, 2.75) is 25.4 Å². The number of aliphatic hydroxyl groups excluding tert-OH is 1. The highest BCUT2D eigenvalue weighted by Crippen LogP contribution is 2.66. The largest absolute Gasteiger partial charge is 0.490 e. The Morgan fingerprint density at radius 3 is 2.43 bits per heavy atom. The maximum Gasteiger partial charge on any atom is 0.490 e. The maximum absolute atomic E-state index is 13.7. The molecule has 0 amide bonds. The fourth-order valence-corrected chi connectivity index (χ4v) is 5.74. The van der Waals surface area contributed by atoms with E-state index in [4.69, 9.17) is 37.4 Å². The van der Waals surface area contributed by atoms with Gasteiger partial charge in [-0.2, -0.15) is 13.6 Å². The van der Waals surface area contributed by atoms with E-state index in [1.165, 1.54) is 6.92 Å². The second-order valence-electron chi connectivity index (χ2n) is 5.97. The number of phosphoric ester groups is 1. The first-order valence-electron chi connectivity index (χ1n) is 7.67. The molecule has 172 valence electrons. The molecule has 1 saturated heterocycles. The maximum atomic E-state index is 13.7. The molecule has 2 rings (SSSR count). The number of halogens is 1. The minimum atomic E-state index is -5.69. The number of phosphoric acid groups is 3. The normalized spacial score (nSPS) is 28.8. The summed E-state index contributed by atoms with van der Waals surface area (Å²) in [5, 5.41) is 10.3. The molecule has 20 heteroatoms. The van der Waals surface area contributed by atoms with Gasteiger partial charge in [-0.1, -0.05) is 6.92 Å². The molecule has 1 aliphatic rings. The summed E-state index contributed by atoms with van der Waals surface area (Å²) in [6, 6.07) is 0. The van der Waals surface area contributed by atoms with Crippen molar-refractivity contribution >= 4 is 41.5 Å². The summed E-state index contributed by atoms with van der Waals surface area (Å²) in [5.74, 6) is -2.12. The lowest BCUT2D eigenvalue weighted by molar-refractivity contribution is -0.0463. The summed E-state index contributed by atoms with van der Waals surface area (Å²) in [6.45, 7) is 0.597. The molecule has 7 N–H and O–H groups in total. The molecular weight excluding hydrogens is 498 g/mol. The number of rotatable bonds is 8. The third-order valence-electron chi connectivity index (χ3n) is 3.71. The van der Waals surface area contributed by atoms with Gasteiger partial charge in [-0.05, 0) is 12.2 Å². The van der Waals surface area contributed by atoms with Crippen LogP contribution in [0.1, 0.15) is 13.2 Å². The number of hydrogen-bond donors (Lipinski definition) is 6. The number of nitrogens with zero attached hydrogens (tertiary/aromatic N) is 2. The van der Waals surface area contributed by atoms with Gasteiger partial charge >= 0.3 is 23.5 Å². The van der Waals surface area contributed by atoms with Crippen molar-refractivity contribution in [2.24, 2.45) is 5.92 Å². The fraction of sp³-hybridized carbons (Fsp3) is 0.600. The van der Waals surface area contributed by atoms with Crippen LogP contribution in [0.2, 0.25) is 0 Å². The van der Waals surface area contributed by atoms with Gasteiger partial charge in [-0.25, -0.2) is 18.1 Å². The van der Waals surface area contributed by atoms with Crippen molar-refractivity contribution in [3.05, 3.63) is 16.8 Å².